The van der Waals surface area contributed by atoms with Crippen LogP contribution in [0.4, 0.5) is 5.69 Å². The molecule has 2 atom stereocenters. The number of nitrogens with zero attached hydrogens (tertiary/aromatic N) is 2. The zero-order chi connectivity index (χ0) is 18.2. The van der Waals surface area contributed by atoms with Crippen LogP contribution in [0.2, 0.25) is 0 Å². The molecule has 0 radical (unpaired) electrons. The van der Waals surface area contributed by atoms with Crippen LogP contribution >= 0.6 is 0 Å². The number of hydrogen-bond donors (Lipinski definition) is 1. The Hall–Kier alpha value is -2.08. The highest BCUT2D eigenvalue weighted by Crippen LogP contribution is 2.15. The van der Waals surface area contributed by atoms with Crippen molar-refractivity contribution in [2.45, 2.75) is 26.3 Å². The molecule has 1 aromatic carbocycles. The number of ether oxygens (including phenoxy) is 1. The van der Waals surface area contributed by atoms with Gasteiger partial charge in [0, 0.05) is 31.9 Å². The lowest BCUT2D eigenvalue weighted by molar-refractivity contribution is -0.146. The fourth-order valence-corrected chi connectivity index (χ4v) is 3.02. The van der Waals surface area contributed by atoms with Crippen molar-refractivity contribution in [3.8, 4) is 0 Å². The average Bonchev–Trinajstić information content (AvgIpc) is 2.66. The molecule has 25 heavy (non-hydrogen) atoms. The first-order chi connectivity index (χ1) is 12.0. The lowest BCUT2D eigenvalue weighted by Crippen LogP contribution is -2.52. The van der Waals surface area contributed by atoms with Crippen molar-refractivity contribution in [3.05, 3.63) is 30.3 Å². The van der Waals surface area contributed by atoms with Crippen LogP contribution in [0.3, 0.4) is 0 Å². The van der Waals surface area contributed by atoms with Gasteiger partial charge in [-0.3, -0.25) is 9.69 Å². The number of hydrogen-bond acceptors (Lipinski definition) is 5. The molecule has 2 rings (SSSR count). The molecule has 1 N–H and O–H groups in total. The number of nitrogens with one attached hydrogen (secondary N) is 1. The van der Waals surface area contributed by atoms with Crippen molar-refractivity contribution in [2.24, 2.45) is 5.92 Å². The molecule has 0 aliphatic carbocycles. The maximum absolute atomic E-state index is 12.3. The van der Waals surface area contributed by atoms with Crippen LogP contribution in [0.25, 0.3) is 0 Å². The summed E-state index contributed by atoms with van der Waals surface area (Å²) in [5.74, 6) is -0.452. The van der Waals surface area contributed by atoms with Gasteiger partial charge in [-0.05, 0) is 18.1 Å². The van der Waals surface area contributed by atoms with Gasteiger partial charge in [-0.25, -0.2) is 4.79 Å². The van der Waals surface area contributed by atoms with Gasteiger partial charge in [-0.2, -0.15) is 0 Å². The zero-order valence-corrected chi connectivity index (χ0v) is 15.4. The van der Waals surface area contributed by atoms with E-state index in [1.165, 1.54) is 12.8 Å². The summed E-state index contributed by atoms with van der Waals surface area (Å²) < 4.78 is 4.82. The molecule has 0 aromatic heterocycles. The van der Waals surface area contributed by atoms with E-state index in [9.17, 15) is 9.59 Å². The summed E-state index contributed by atoms with van der Waals surface area (Å²) in [7, 11) is 1.35. The number of carbonyl (C=O) groups excluding carboxylic acids is 2. The fourth-order valence-electron chi connectivity index (χ4n) is 3.02. The van der Waals surface area contributed by atoms with Gasteiger partial charge < -0.3 is 15.0 Å². The molecule has 1 aliphatic rings. The molecule has 0 unspecified atom stereocenters. The molecule has 0 bridgehead atoms. The molecular formula is C19H29N3O3. The predicted molar refractivity (Wildman–Crippen MR) is 98.5 cm³/mol. The second-order valence-electron chi connectivity index (χ2n) is 6.55. The number of carbonyl (C=O) groups is 2. The van der Waals surface area contributed by atoms with Crippen LogP contribution < -0.4 is 10.2 Å². The number of esters is 1. The van der Waals surface area contributed by atoms with Crippen molar-refractivity contribution in [1.82, 2.24) is 10.2 Å². The SMILES string of the molecule is CC[C@H](C)[C@H](NC(=O)CN1CCN(c2ccccc2)CC1)C(=O)OC. The smallest absolute Gasteiger partial charge is 0.328 e. The topological polar surface area (TPSA) is 61.9 Å². The highest BCUT2D eigenvalue weighted by molar-refractivity contribution is 5.85. The van der Waals surface area contributed by atoms with Gasteiger partial charge >= 0.3 is 5.97 Å². The van der Waals surface area contributed by atoms with Crippen LogP contribution in [-0.4, -0.2) is 62.7 Å². The van der Waals surface area contributed by atoms with E-state index in [4.69, 9.17) is 4.74 Å². The van der Waals surface area contributed by atoms with Crippen LogP contribution in [0, 0.1) is 5.92 Å². The van der Waals surface area contributed by atoms with Crippen molar-refractivity contribution >= 4 is 17.6 Å². The third-order valence-electron chi connectivity index (χ3n) is 4.85. The van der Waals surface area contributed by atoms with E-state index in [1.54, 1.807) is 0 Å². The Morgan fingerprint density at radius 2 is 1.80 bits per heavy atom. The quantitative estimate of drug-likeness (QED) is 0.758. The van der Waals surface area contributed by atoms with Crippen molar-refractivity contribution in [3.63, 3.8) is 0 Å². The summed E-state index contributed by atoms with van der Waals surface area (Å²) in [6, 6.07) is 9.73. The van der Waals surface area contributed by atoms with Crippen molar-refractivity contribution in [1.29, 1.82) is 0 Å². The first kappa shape index (κ1) is 19.2. The first-order valence-electron chi connectivity index (χ1n) is 8.94. The lowest BCUT2D eigenvalue weighted by Gasteiger charge is -2.36. The third kappa shape index (κ3) is 5.46. The minimum Gasteiger partial charge on any atom is -0.467 e. The zero-order valence-electron chi connectivity index (χ0n) is 15.4. The summed E-state index contributed by atoms with van der Waals surface area (Å²) in [5, 5.41) is 2.84. The van der Waals surface area contributed by atoms with E-state index >= 15 is 0 Å². The van der Waals surface area contributed by atoms with Gasteiger partial charge in [0.25, 0.3) is 0 Å². The molecule has 1 amide bonds. The Kier molecular flexibility index (Phi) is 7.25. The second-order valence-corrected chi connectivity index (χ2v) is 6.55. The van der Waals surface area contributed by atoms with E-state index in [0.29, 0.717) is 6.54 Å². The molecule has 1 saturated heterocycles. The molecule has 138 valence electrons. The van der Waals surface area contributed by atoms with E-state index in [-0.39, 0.29) is 17.8 Å². The van der Waals surface area contributed by atoms with Gasteiger partial charge in [0.05, 0.1) is 13.7 Å². The molecule has 1 aliphatic heterocycles. The Bertz CT molecular complexity index is 556. The van der Waals surface area contributed by atoms with Gasteiger partial charge in [-0.1, -0.05) is 38.5 Å². The van der Waals surface area contributed by atoms with Crippen LogP contribution in [0.5, 0.6) is 0 Å². The third-order valence-corrected chi connectivity index (χ3v) is 4.85. The van der Waals surface area contributed by atoms with Gasteiger partial charge in [0.2, 0.25) is 5.91 Å². The number of piperazine rings is 1. The standard InChI is InChI=1S/C19H29N3O3/c1-4-15(2)18(19(24)25-3)20-17(23)14-21-10-12-22(13-11-21)16-8-6-5-7-9-16/h5-9,15,18H,4,10-14H2,1-3H3,(H,20,23)/t15-,18-/m0/s1. The molecule has 1 fully saturated rings. The number of rotatable bonds is 7. The Balaban J connectivity index is 1.82. The number of para-hydroxylation sites is 1. The molecule has 6 nitrogen and oxygen atoms in total. The van der Waals surface area contributed by atoms with E-state index in [1.807, 2.05) is 32.0 Å². The summed E-state index contributed by atoms with van der Waals surface area (Å²) in [5.41, 5.74) is 1.22. The predicted octanol–water partition coefficient (Wildman–Crippen LogP) is 1.51. The summed E-state index contributed by atoms with van der Waals surface area (Å²) in [6.45, 7) is 7.69. The molecule has 0 spiro atoms. The average molecular weight is 347 g/mol. The minimum atomic E-state index is -0.576. The van der Waals surface area contributed by atoms with E-state index in [0.717, 1.165) is 32.6 Å². The van der Waals surface area contributed by atoms with Crippen LogP contribution in [0.1, 0.15) is 20.3 Å². The Morgan fingerprint density at radius 3 is 2.36 bits per heavy atom. The largest absolute Gasteiger partial charge is 0.467 e. The molecular weight excluding hydrogens is 318 g/mol. The van der Waals surface area contributed by atoms with Gasteiger partial charge in [0.15, 0.2) is 0 Å². The van der Waals surface area contributed by atoms with E-state index in [2.05, 4.69) is 27.2 Å². The highest BCUT2D eigenvalue weighted by Gasteiger charge is 2.27. The lowest BCUT2D eigenvalue weighted by atomic mass is 9.99. The number of benzene rings is 1. The number of methoxy groups -OCH3 is 1. The minimum absolute atomic E-state index is 0.0475. The number of anilines is 1. The summed E-state index contributed by atoms with van der Waals surface area (Å²) in [6.07, 6.45) is 0.801. The normalized spacial score (nSPS) is 17.6. The Labute approximate surface area is 150 Å². The maximum Gasteiger partial charge on any atom is 0.328 e. The molecule has 1 aromatic rings. The van der Waals surface area contributed by atoms with Gasteiger partial charge in [0.1, 0.15) is 6.04 Å². The Morgan fingerprint density at radius 1 is 1.16 bits per heavy atom. The second kappa shape index (κ2) is 9.42. The number of amides is 1. The van der Waals surface area contributed by atoms with Gasteiger partial charge in [-0.15, -0.1) is 0 Å². The van der Waals surface area contributed by atoms with Crippen molar-refractivity contribution in [2.75, 3.05) is 44.7 Å². The molecule has 6 heteroatoms. The fraction of sp³-hybridized carbons (Fsp3) is 0.579. The molecule has 0 saturated carbocycles. The molecule has 1 heterocycles. The van der Waals surface area contributed by atoms with Crippen molar-refractivity contribution < 1.29 is 14.3 Å². The van der Waals surface area contributed by atoms with Crippen LogP contribution in [0.15, 0.2) is 30.3 Å². The summed E-state index contributed by atoms with van der Waals surface area (Å²) in [4.78, 5) is 28.7. The highest BCUT2D eigenvalue weighted by atomic mass is 16.5. The van der Waals surface area contributed by atoms with E-state index < -0.39 is 6.04 Å². The first-order valence-corrected chi connectivity index (χ1v) is 8.94. The monoisotopic (exact) mass is 347 g/mol. The van der Waals surface area contributed by atoms with Crippen LogP contribution in [-0.2, 0) is 14.3 Å². The maximum atomic E-state index is 12.3. The summed E-state index contributed by atoms with van der Waals surface area (Å²) >= 11 is 0.